The maximum absolute atomic E-state index is 5.51. The van der Waals surface area contributed by atoms with E-state index in [1.165, 1.54) is 38.9 Å². The Kier molecular flexibility index (Phi) is 7.28. The molecule has 7 rings (SSSR count). The molecule has 228 valence electrons. The van der Waals surface area contributed by atoms with E-state index in [0.717, 1.165) is 22.6 Å². The Balaban J connectivity index is 1.66. The van der Waals surface area contributed by atoms with E-state index in [1.54, 1.807) is 0 Å². The van der Waals surface area contributed by atoms with Gasteiger partial charge in [0.05, 0.1) is 17.1 Å². The molecule has 1 aliphatic carbocycles. The van der Waals surface area contributed by atoms with E-state index in [0.29, 0.717) is 0 Å². The first kappa shape index (κ1) is 29.9. The highest BCUT2D eigenvalue weighted by atomic mass is 14.8. The number of hydrogen-bond acceptors (Lipinski definition) is 2. The van der Waals surface area contributed by atoms with Crippen molar-refractivity contribution in [2.24, 2.45) is 0 Å². The third-order valence-corrected chi connectivity index (χ3v) is 9.65. The molecular formula is C44H42N2. The molecule has 2 heteroatoms. The van der Waals surface area contributed by atoms with Gasteiger partial charge in [-0.2, -0.15) is 0 Å². The van der Waals surface area contributed by atoms with Gasteiger partial charge in [0.15, 0.2) is 0 Å². The van der Waals surface area contributed by atoms with Crippen molar-refractivity contribution in [3.8, 4) is 11.3 Å². The molecule has 0 amide bonds. The number of aromatic nitrogens is 2. The lowest BCUT2D eigenvalue weighted by atomic mass is 9.58. The van der Waals surface area contributed by atoms with Crippen LogP contribution in [0.4, 0.5) is 0 Å². The fourth-order valence-corrected chi connectivity index (χ4v) is 7.22. The fraction of sp³-hybridized carbons (Fsp3) is 0.227. The molecule has 0 N–H and O–H groups in total. The van der Waals surface area contributed by atoms with E-state index in [1.807, 2.05) is 12.3 Å². The Bertz CT molecular complexity index is 1930. The van der Waals surface area contributed by atoms with Crippen molar-refractivity contribution in [2.75, 3.05) is 0 Å². The van der Waals surface area contributed by atoms with Gasteiger partial charge in [-0.3, -0.25) is 9.97 Å². The highest BCUT2D eigenvalue weighted by Crippen LogP contribution is 2.56. The van der Waals surface area contributed by atoms with Gasteiger partial charge in [-0.25, -0.2) is 0 Å². The summed E-state index contributed by atoms with van der Waals surface area (Å²) in [5, 5.41) is 0. The second-order valence-corrected chi connectivity index (χ2v) is 14.7. The fourth-order valence-electron chi connectivity index (χ4n) is 7.22. The minimum absolute atomic E-state index is 0.0110. The summed E-state index contributed by atoms with van der Waals surface area (Å²) in [6.07, 6.45) is 1.92. The van der Waals surface area contributed by atoms with E-state index in [-0.39, 0.29) is 16.7 Å². The lowest BCUT2D eigenvalue weighted by Gasteiger charge is -2.44. The molecule has 0 saturated heterocycles. The first-order chi connectivity index (χ1) is 22.1. The van der Waals surface area contributed by atoms with Crippen molar-refractivity contribution in [3.05, 3.63) is 190 Å². The van der Waals surface area contributed by atoms with Gasteiger partial charge in [0.25, 0.3) is 0 Å². The summed E-state index contributed by atoms with van der Waals surface area (Å²) in [5.41, 5.74) is 12.3. The third kappa shape index (κ3) is 4.97. The zero-order chi connectivity index (χ0) is 32.1. The third-order valence-electron chi connectivity index (χ3n) is 9.65. The average Bonchev–Trinajstić information content (AvgIpc) is 3.07. The smallest absolute Gasteiger partial charge is 0.105 e. The predicted octanol–water partition coefficient (Wildman–Crippen LogP) is 10.6. The van der Waals surface area contributed by atoms with Crippen LogP contribution in [0.2, 0.25) is 0 Å². The summed E-state index contributed by atoms with van der Waals surface area (Å²) < 4.78 is 0. The molecule has 0 unspecified atom stereocenters. The van der Waals surface area contributed by atoms with Gasteiger partial charge in [-0.05, 0) is 74.0 Å². The zero-order valence-corrected chi connectivity index (χ0v) is 27.8. The molecule has 0 atom stereocenters. The molecule has 46 heavy (non-hydrogen) atoms. The lowest BCUT2D eigenvalue weighted by Crippen LogP contribution is -2.39. The first-order valence-electron chi connectivity index (χ1n) is 16.4. The van der Waals surface area contributed by atoms with Crippen molar-refractivity contribution in [2.45, 2.75) is 63.7 Å². The van der Waals surface area contributed by atoms with E-state index in [4.69, 9.17) is 9.97 Å². The Labute approximate surface area is 274 Å². The number of benzene rings is 4. The van der Waals surface area contributed by atoms with Gasteiger partial charge in [0, 0.05) is 17.7 Å². The molecule has 0 aliphatic heterocycles. The molecule has 0 fully saturated rings. The van der Waals surface area contributed by atoms with E-state index in [2.05, 4.69) is 169 Å². The molecule has 0 bridgehead atoms. The first-order valence-corrected chi connectivity index (χ1v) is 16.4. The minimum atomic E-state index is -0.727. The normalized spacial score (nSPS) is 17.7. The second kappa shape index (κ2) is 11.2. The molecule has 0 spiro atoms. The monoisotopic (exact) mass is 598 g/mol. The SMILES string of the molecule is CC(C)(C)c1ccc2c(c1)C(c1ccccc1)c1cc(C(C)(C)C)ccc1C2(c1ccccn1)c1cccc(-c2ccccc2)n1. The summed E-state index contributed by atoms with van der Waals surface area (Å²) in [7, 11) is 0. The number of pyridine rings is 2. The van der Waals surface area contributed by atoms with Crippen LogP contribution < -0.4 is 0 Å². The van der Waals surface area contributed by atoms with Crippen LogP contribution in [0.1, 0.15) is 97.8 Å². The molecule has 0 saturated carbocycles. The van der Waals surface area contributed by atoms with Crippen LogP contribution in [0, 0.1) is 0 Å². The highest BCUT2D eigenvalue weighted by Gasteiger charge is 2.49. The van der Waals surface area contributed by atoms with Crippen LogP contribution in [-0.2, 0) is 16.2 Å². The highest BCUT2D eigenvalue weighted by molar-refractivity contribution is 5.70. The van der Waals surface area contributed by atoms with Crippen LogP contribution in [0.3, 0.4) is 0 Å². The molecule has 2 nitrogen and oxygen atoms in total. The van der Waals surface area contributed by atoms with Crippen molar-refractivity contribution in [3.63, 3.8) is 0 Å². The van der Waals surface area contributed by atoms with Crippen LogP contribution in [0.25, 0.3) is 11.3 Å². The summed E-state index contributed by atoms with van der Waals surface area (Å²) in [6, 6.07) is 48.6. The Morgan fingerprint density at radius 3 is 1.61 bits per heavy atom. The quantitative estimate of drug-likeness (QED) is 0.201. The van der Waals surface area contributed by atoms with Gasteiger partial charge in [0.2, 0.25) is 0 Å². The van der Waals surface area contributed by atoms with Crippen LogP contribution >= 0.6 is 0 Å². The van der Waals surface area contributed by atoms with Gasteiger partial charge in [-0.15, -0.1) is 0 Å². The van der Waals surface area contributed by atoms with Crippen LogP contribution in [0.15, 0.2) is 140 Å². The maximum Gasteiger partial charge on any atom is 0.105 e. The number of hydrogen-bond donors (Lipinski definition) is 0. The second-order valence-electron chi connectivity index (χ2n) is 14.7. The van der Waals surface area contributed by atoms with E-state index < -0.39 is 5.41 Å². The Morgan fingerprint density at radius 1 is 0.522 bits per heavy atom. The van der Waals surface area contributed by atoms with Crippen molar-refractivity contribution < 1.29 is 0 Å². The molecule has 1 aliphatic rings. The topological polar surface area (TPSA) is 25.8 Å². The molecule has 2 heterocycles. The number of nitrogens with zero attached hydrogens (tertiary/aromatic N) is 2. The molecule has 0 radical (unpaired) electrons. The van der Waals surface area contributed by atoms with E-state index in [9.17, 15) is 0 Å². The van der Waals surface area contributed by atoms with Crippen molar-refractivity contribution in [1.29, 1.82) is 0 Å². The standard InChI is InChI=1S/C44H42N2/c1-42(2,3)32-23-25-36-34(28-32)41(31-18-11-8-12-19-31)35-29-33(43(4,5)6)24-26-37(35)44(36,39-21-13-14-27-45-39)40-22-15-20-38(46-40)30-16-9-7-10-17-30/h7-29,41H,1-6H3. The minimum Gasteiger partial charge on any atom is -0.260 e. The van der Waals surface area contributed by atoms with Gasteiger partial charge in [0.1, 0.15) is 5.41 Å². The number of fused-ring (bicyclic) bond motifs is 2. The summed E-state index contributed by atoms with van der Waals surface area (Å²) in [5.74, 6) is 0.0601. The van der Waals surface area contributed by atoms with Crippen molar-refractivity contribution in [1.82, 2.24) is 9.97 Å². The van der Waals surface area contributed by atoms with E-state index >= 15 is 0 Å². The zero-order valence-electron chi connectivity index (χ0n) is 27.8. The van der Waals surface area contributed by atoms with Gasteiger partial charge in [-0.1, -0.05) is 151 Å². The number of rotatable bonds is 4. The summed E-state index contributed by atoms with van der Waals surface area (Å²) >= 11 is 0. The Hall–Kier alpha value is -4.82. The summed E-state index contributed by atoms with van der Waals surface area (Å²) in [6.45, 7) is 13.8. The predicted molar refractivity (Wildman–Crippen MR) is 191 cm³/mol. The molecular weight excluding hydrogens is 556 g/mol. The van der Waals surface area contributed by atoms with Crippen LogP contribution in [-0.4, -0.2) is 9.97 Å². The van der Waals surface area contributed by atoms with Gasteiger partial charge >= 0.3 is 0 Å². The van der Waals surface area contributed by atoms with Gasteiger partial charge < -0.3 is 0 Å². The Morgan fingerprint density at radius 2 is 1.07 bits per heavy atom. The van der Waals surface area contributed by atoms with Crippen LogP contribution in [0.5, 0.6) is 0 Å². The molecule has 4 aromatic carbocycles. The summed E-state index contributed by atoms with van der Waals surface area (Å²) in [4.78, 5) is 10.7. The van der Waals surface area contributed by atoms with Crippen molar-refractivity contribution >= 4 is 0 Å². The average molecular weight is 599 g/mol. The maximum atomic E-state index is 5.51. The molecule has 2 aromatic heterocycles. The lowest BCUT2D eigenvalue weighted by molar-refractivity contribution is 0.578. The largest absolute Gasteiger partial charge is 0.260 e. The molecule has 6 aromatic rings.